The molecule has 3 heterocycles. The predicted molar refractivity (Wildman–Crippen MR) is 135 cm³/mol. The Kier molecular flexibility index (Phi) is 6.23. The van der Waals surface area contributed by atoms with Gasteiger partial charge in [0.15, 0.2) is 0 Å². The van der Waals surface area contributed by atoms with Crippen molar-refractivity contribution in [2.75, 3.05) is 0 Å². The van der Waals surface area contributed by atoms with Crippen LogP contribution < -0.4 is 4.74 Å². The van der Waals surface area contributed by atoms with Gasteiger partial charge in [-0.25, -0.2) is 21.1 Å². The fourth-order valence-corrected chi connectivity index (χ4v) is 4.28. The number of hydrogen-bond acceptors (Lipinski definition) is 3. The molecule has 0 bridgehead atoms. The van der Waals surface area contributed by atoms with Crippen molar-refractivity contribution in [3.63, 3.8) is 0 Å². The molecule has 6 rings (SSSR count). The fraction of sp³-hybridized carbons (Fsp3) is 0.0667. The predicted octanol–water partition coefficient (Wildman–Crippen LogP) is 7.25. The average molecular weight is 635 g/mol. The number of fused-ring (bicyclic) bond motifs is 3. The Morgan fingerprint density at radius 3 is 2.46 bits per heavy atom. The number of hydrogen-bond donors (Lipinski definition) is 0. The molecular formula is C30H21N3OPt. The van der Waals surface area contributed by atoms with E-state index in [0.717, 1.165) is 44.5 Å². The van der Waals surface area contributed by atoms with Crippen LogP contribution in [0, 0.1) is 26.0 Å². The van der Waals surface area contributed by atoms with Gasteiger partial charge in [0.1, 0.15) is 5.82 Å². The summed E-state index contributed by atoms with van der Waals surface area (Å²) in [6, 6.07) is 33.5. The number of pyridine rings is 2. The first kappa shape index (κ1) is 23.0. The van der Waals surface area contributed by atoms with E-state index < -0.39 is 0 Å². The third kappa shape index (κ3) is 4.26. The van der Waals surface area contributed by atoms with E-state index in [-0.39, 0.29) is 21.1 Å². The largest absolute Gasteiger partial charge is 2.00 e. The molecule has 0 saturated carbocycles. The van der Waals surface area contributed by atoms with Gasteiger partial charge in [0.05, 0.1) is 0 Å². The van der Waals surface area contributed by atoms with Crippen LogP contribution in [-0.2, 0) is 21.1 Å². The third-order valence-electron chi connectivity index (χ3n) is 5.94. The van der Waals surface area contributed by atoms with E-state index in [0.29, 0.717) is 11.6 Å². The molecule has 0 unspecified atom stereocenters. The van der Waals surface area contributed by atoms with Crippen molar-refractivity contribution >= 4 is 21.8 Å². The molecule has 172 valence electrons. The van der Waals surface area contributed by atoms with Gasteiger partial charge in [0, 0.05) is 29.2 Å². The molecular weight excluding hydrogens is 613 g/mol. The topological polar surface area (TPSA) is 39.9 Å². The van der Waals surface area contributed by atoms with Crippen molar-refractivity contribution in [1.29, 1.82) is 0 Å². The molecule has 3 aromatic heterocycles. The van der Waals surface area contributed by atoms with Crippen molar-refractivity contribution in [3.05, 3.63) is 115 Å². The van der Waals surface area contributed by atoms with E-state index >= 15 is 0 Å². The summed E-state index contributed by atoms with van der Waals surface area (Å²) in [5, 5.41) is 2.31. The van der Waals surface area contributed by atoms with Gasteiger partial charge in [-0.05, 0) is 54.6 Å². The summed E-state index contributed by atoms with van der Waals surface area (Å²) in [5.74, 6) is 2.08. The zero-order valence-corrected chi connectivity index (χ0v) is 21.5. The second kappa shape index (κ2) is 9.48. The number of ether oxygens (including phenoxy) is 1. The minimum Gasteiger partial charge on any atom is -0.460 e. The second-order valence-electron chi connectivity index (χ2n) is 8.33. The van der Waals surface area contributed by atoms with Crippen LogP contribution in [0.2, 0.25) is 0 Å². The van der Waals surface area contributed by atoms with Crippen molar-refractivity contribution in [2.24, 2.45) is 0 Å². The number of para-hydroxylation sites is 1. The van der Waals surface area contributed by atoms with Crippen LogP contribution in [0.4, 0.5) is 0 Å². The summed E-state index contributed by atoms with van der Waals surface area (Å²) in [6.07, 6.45) is 3.58. The molecule has 0 spiro atoms. The molecule has 3 aromatic carbocycles. The van der Waals surface area contributed by atoms with Crippen molar-refractivity contribution < 1.29 is 25.8 Å². The maximum absolute atomic E-state index is 6.02. The molecule has 0 N–H and O–H groups in total. The molecule has 0 saturated heterocycles. The summed E-state index contributed by atoms with van der Waals surface area (Å²) < 4.78 is 8.20. The SMILES string of the molecule is Cc1ccnc(-n2c3[c-]c(-c4[c-]c(Oc5ncccc5C)ccc4)ccc3c3ccccc32)c1.[Pt+2]. The zero-order chi connectivity index (χ0) is 23.1. The van der Waals surface area contributed by atoms with Crippen molar-refractivity contribution in [2.45, 2.75) is 13.8 Å². The van der Waals surface area contributed by atoms with E-state index in [1.54, 1.807) is 6.20 Å². The Bertz CT molecular complexity index is 1670. The summed E-state index contributed by atoms with van der Waals surface area (Å²) in [4.78, 5) is 9.00. The Labute approximate surface area is 218 Å². The molecule has 0 aliphatic rings. The molecule has 35 heavy (non-hydrogen) atoms. The maximum atomic E-state index is 6.02. The van der Waals surface area contributed by atoms with Gasteiger partial charge in [-0.3, -0.25) is 0 Å². The van der Waals surface area contributed by atoms with Gasteiger partial charge < -0.3 is 9.30 Å². The molecule has 5 heteroatoms. The first-order valence-electron chi connectivity index (χ1n) is 11.2. The van der Waals surface area contributed by atoms with Gasteiger partial charge in [0.2, 0.25) is 5.88 Å². The van der Waals surface area contributed by atoms with E-state index in [4.69, 9.17) is 4.74 Å². The van der Waals surface area contributed by atoms with Crippen LogP contribution in [-0.4, -0.2) is 14.5 Å². The first-order chi connectivity index (χ1) is 16.7. The molecule has 0 fully saturated rings. The van der Waals surface area contributed by atoms with Crippen LogP contribution in [0.25, 0.3) is 38.8 Å². The molecule has 0 aliphatic carbocycles. The summed E-state index contributed by atoms with van der Waals surface area (Å²) in [7, 11) is 0. The second-order valence-corrected chi connectivity index (χ2v) is 8.33. The molecule has 0 atom stereocenters. The monoisotopic (exact) mass is 634 g/mol. The van der Waals surface area contributed by atoms with Gasteiger partial charge in [-0.1, -0.05) is 29.7 Å². The summed E-state index contributed by atoms with van der Waals surface area (Å²) in [5.41, 5.74) is 6.07. The Morgan fingerprint density at radius 1 is 0.743 bits per heavy atom. The Balaban J connectivity index is 0.00000253. The number of aryl methyl sites for hydroxylation is 2. The molecule has 0 radical (unpaired) electrons. The quantitative estimate of drug-likeness (QED) is 0.192. The van der Waals surface area contributed by atoms with Crippen molar-refractivity contribution in [3.8, 4) is 28.6 Å². The Hall–Kier alpha value is -3.75. The number of benzene rings is 3. The van der Waals surface area contributed by atoms with E-state index in [2.05, 4.69) is 76.1 Å². The standard InChI is InChI=1S/C30H21N3O.Pt/c1-20-14-16-31-29(17-20)33-27-11-4-3-10-25(27)26-13-12-23(19-28(26)33)22-8-5-9-24(18-22)34-30-21(2)7-6-15-32-30;/h3-17H,1-2H3;/q-2;+2. The van der Waals surface area contributed by atoms with E-state index in [1.807, 2.05) is 49.5 Å². The van der Waals surface area contributed by atoms with Gasteiger partial charge in [-0.15, -0.1) is 18.2 Å². The molecule has 0 aliphatic heterocycles. The zero-order valence-electron chi connectivity index (χ0n) is 19.2. The molecule has 0 amide bonds. The van der Waals surface area contributed by atoms with Crippen LogP contribution in [0.3, 0.4) is 0 Å². The van der Waals surface area contributed by atoms with Crippen LogP contribution in [0.1, 0.15) is 11.1 Å². The minimum absolute atomic E-state index is 0. The summed E-state index contributed by atoms with van der Waals surface area (Å²) >= 11 is 0. The number of rotatable bonds is 4. The van der Waals surface area contributed by atoms with Gasteiger partial charge in [0.25, 0.3) is 0 Å². The van der Waals surface area contributed by atoms with Crippen LogP contribution >= 0.6 is 0 Å². The number of aromatic nitrogens is 3. The smallest absolute Gasteiger partial charge is 0.460 e. The Morgan fingerprint density at radius 2 is 1.60 bits per heavy atom. The summed E-state index contributed by atoms with van der Waals surface area (Å²) in [6.45, 7) is 4.06. The number of nitrogens with zero attached hydrogens (tertiary/aromatic N) is 3. The van der Waals surface area contributed by atoms with Crippen molar-refractivity contribution in [1.82, 2.24) is 14.5 Å². The molecule has 4 nitrogen and oxygen atoms in total. The third-order valence-corrected chi connectivity index (χ3v) is 5.94. The normalized spacial score (nSPS) is 10.9. The van der Waals surface area contributed by atoms with Crippen LogP contribution in [0.5, 0.6) is 11.6 Å². The average Bonchev–Trinajstić information content (AvgIpc) is 3.19. The first-order valence-corrected chi connectivity index (χ1v) is 11.2. The van der Waals surface area contributed by atoms with E-state index in [9.17, 15) is 0 Å². The maximum Gasteiger partial charge on any atom is 2.00 e. The fourth-order valence-electron chi connectivity index (χ4n) is 4.28. The van der Waals surface area contributed by atoms with Gasteiger partial charge in [-0.2, -0.15) is 24.3 Å². The minimum atomic E-state index is 0. The molecule has 6 aromatic rings. The van der Waals surface area contributed by atoms with Gasteiger partial charge >= 0.3 is 21.1 Å². The van der Waals surface area contributed by atoms with E-state index in [1.165, 1.54) is 5.39 Å². The van der Waals surface area contributed by atoms with Crippen LogP contribution in [0.15, 0.2) is 91.3 Å².